The molecule has 282 valence electrons. The molecule has 11 heteroatoms. The van der Waals surface area contributed by atoms with E-state index < -0.39 is 24.0 Å². The number of ether oxygens (including phenoxy) is 6. The van der Waals surface area contributed by atoms with E-state index in [1.165, 1.54) is 0 Å². The first-order valence-electron chi connectivity index (χ1n) is 18.3. The molecule has 10 nitrogen and oxygen atoms in total. The van der Waals surface area contributed by atoms with Crippen LogP contribution >= 0.6 is 22.6 Å². The van der Waals surface area contributed by atoms with Gasteiger partial charge in [-0.1, -0.05) is 60.1 Å². The highest BCUT2D eigenvalue weighted by Crippen LogP contribution is 2.45. The maximum absolute atomic E-state index is 15.0. The molecule has 0 aromatic heterocycles. The number of halogens is 1. The lowest BCUT2D eigenvalue weighted by molar-refractivity contribution is -0.163. The normalized spacial score (nSPS) is 17.5. The molecule has 5 rings (SSSR count). The van der Waals surface area contributed by atoms with Crippen LogP contribution in [0.4, 0.5) is 0 Å². The Morgan fingerprint density at radius 2 is 1.54 bits per heavy atom. The zero-order chi connectivity index (χ0) is 37.0. The zero-order valence-corrected chi connectivity index (χ0v) is 32.9. The van der Waals surface area contributed by atoms with Crippen LogP contribution in [-0.4, -0.2) is 73.9 Å². The Bertz CT molecular complexity index is 1640. The first-order chi connectivity index (χ1) is 25.3. The van der Waals surface area contributed by atoms with Gasteiger partial charge in [0.2, 0.25) is 11.7 Å². The molecule has 3 aromatic carbocycles. The summed E-state index contributed by atoms with van der Waals surface area (Å²) in [6.45, 7) is 0.952. The number of aromatic hydroxyl groups is 1. The Hall–Kier alpha value is -3.87. The number of hydrogen-bond acceptors (Lipinski definition) is 9. The number of aryl methyl sites for hydroxylation is 1. The summed E-state index contributed by atoms with van der Waals surface area (Å²) in [6, 6.07) is 15.6. The van der Waals surface area contributed by atoms with E-state index in [1.807, 2.05) is 36.4 Å². The predicted octanol–water partition coefficient (Wildman–Crippen LogP) is 8.20. The molecule has 1 aliphatic carbocycles. The monoisotopic (exact) mass is 829 g/mol. The van der Waals surface area contributed by atoms with Crippen LogP contribution in [0.15, 0.2) is 54.6 Å². The molecule has 3 aromatic rings. The zero-order valence-electron chi connectivity index (χ0n) is 30.7. The van der Waals surface area contributed by atoms with E-state index in [-0.39, 0.29) is 17.6 Å². The van der Waals surface area contributed by atoms with Gasteiger partial charge in [-0.05, 0) is 104 Å². The highest BCUT2D eigenvalue weighted by atomic mass is 127. The van der Waals surface area contributed by atoms with Crippen LogP contribution in [0, 0.1) is 5.92 Å². The van der Waals surface area contributed by atoms with Gasteiger partial charge in [0.1, 0.15) is 17.9 Å². The van der Waals surface area contributed by atoms with Crippen molar-refractivity contribution in [1.82, 2.24) is 4.90 Å². The van der Waals surface area contributed by atoms with Crippen molar-refractivity contribution in [2.45, 2.75) is 82.3 Å². The minimum absolute atomic E-state index is 0.0696. The number of nitrogens with zero attached hydrogens (tertiary/aromatic N) is 1. The average molecular weight is 830 g/mol. The topological polar surface area (TPSA) is 113 Å². The summed E-state index contributed by atoms with van der Waals surface area (Å²) in [7, 11) is 6.36. The molecule has 0 radical (unpaired) electrons. The number of likely N-dealkylation sites (tertiary alicyclic amines) is 1. The highest BCUT2D eigenvalue weighted by molar-refractivity contribution is 14.1. The third kappa shape index (κ3) is 9.56. The van der Waals surface area contributed by atoms with Gasteiger partial charge in [-0.3, -0.25) is 4.79 Å². The van der Waals surface area contributed by atoms with E-state index in [4.69, 9.17) is 28.4 Å². The van der Waals surface area contributed by atoms with E-state index in [0.717, 1.165) is 60.5 Å². The van der Waals surface area contributed by atoms with Crippen molar-refractivity contribution in [3.05, 3.63) is 71.3 Å². The smallest absolute Gasteiger partial charge is 0.329 e. The molecule has 1 amide bonds. The molecule has 2 aliphatic rings. The van der Waals surface area contributed by atoms with Crippen molar-refractivity contribution in [3.8, 4) is 34.5 Å². The van der Waals surface area contributed by atoms with Gasteiger partial charge in [0.25, 0.3) is 0 Å². The number of methoxy groups -OCH3 is 4. The molecule has 0 spiro atoms. The lowest BCUT2D eigenvalue weighted by atomic mass is 9.75. The quantitative estimate of drug-likeness (QED) is 0.0868. The highest BCUT2D eigenvalue weighted by Gasteiger charge is 2.41. The summed E-state index contributed by atoms with van der Waals surface area (Å²) in [4.78, 5) is 31.0. The number of hydrogen-bond donors (Lipinski definition) is 1. The van der Waals surface area contributed by atoms with E-state index in [9.17, 15) is 14.7 Å². The second kappa shape index (κ2) is 19.3. The number of piperidine rings is 1. The molecule has 1 aliphatic heterocycles. The van der Waals surface area contributed by atoms with Crippen LogP contribution in [0.1, 0.15) is 86.5 Å². The van der Waals surface area contributed by atoms with Crippen LogP contribution in [-0.2, 0) is 20.7 Å². The van der Waals surface area contributed by atoms with Crippen LogP contribution in [0.5, 0.6) is 34.5 Å². The molecular weight excluding hydrogens is 777 g/mol. The van der Waals surface area contributed by atoms with Gasteiger partial charge in [-0.15, -0.1) is 0 Å². The van der Waals surface area contributed by atoms with E-state index in [1.54, 1.807) is 51.5 Å². The Balaban J connectivity index is 1.44. The van der Waals surface area contributed by atoms with E-state index in [0.29, 0.717) is 66.7 Å². The van der Waals surface area contributed by atoms with Gasteiger partial charge in [0.05, 0.1) is 41.0 Å². The van der Waals surface area contributed by atoms with Crippen LogP contribution < -0.4 is 23.7 Å². The summed E-state index contributed by atoms with van der Waals surface area (Å²) < 4.78 is 35.6. The minimum atomic E-state index is -0.733. The molecule has 1 heterocycles. The van der Waals surface area contributed by atoms with Crippen LogP contribution in [0.25, 0.3) is 0 Å². The lowest BCUT2D eigenvalue weighted by Gasteiger charge is -2.40. The Morgan fingerprint density at radius 1 is 0.808 bits per heavy atom. The number of amides is 1. The van der Waals surface area contributed by atoms with Crippen LogP contribution in [0.2, 0.25) is 0 Å². The van der Waals surface area contributed by atoms with Crippen molar-refractivity contribution in [2.75, 3.05) is 46.0 Å². The molecule has 1 saturated heterocycles. The number of benzene rings is 3. The van der Waals surface area contributed by atoms with Crippen molar-refractivity contribution in [1.29, 1.82) is 0 Å². The molecule has 3 atom stereocenters. The second-order valence-electron chi connectivity index (χ2n) is 13.5. The van der Waals surface area contributed by atoms with Gasteiger partial charge in [0.15, 0.2) is 23.0 Å². The van der Waals surface area contributed by atoms with Gasteiger partial charge < -0.3 is 38.4 Å². The maximum atomic E-state index is 15.0. The number of carbonyl (C=O) groups is 2. The molecule has 2 unspecified atom stereocenters. The number of carbonyl (C=O) groups excluding carboxylic acids is 2. The molecular formula is C41H52INO9. The molecule has 52 heavy (non-hydrogen) atoms. The molecule has 0 bridgehead atoms. The Labute approximate surface area is 321 Å². The number of esters is 1. The lowest BCUT2D eigenvalue weighted by Crippen LogP contribution is -2.51. The van der Waals surface area contributed by atoms with E-state index >= 15 is 0 Å². The van der Waals surface area contributed by atoms with E-state index in [2.05, 4.69) is 22.6 Å². The first kappa shape index (κ1) is 39.3. The van der Waals surface area contributed by atoms with Gasteiger partial charge in [0, 0.05) is 11.0 Å². The summed E-state index contributed by atoms with van der Waals surface area (Å²) >= 11 is 2.26. The number of rotatable bonds is 16. The number of phenolic OH excluding ortho intramolecular Hbond substituents is 1. The van der Waals surface area contributed by atoms with Gasteiger partial charge in [-0.25, -0.2) is 4.79 Å². The summed E-state index contributed by atoms with van der Waals surface area (Å²) in [5.74, 6) is 2.01. The standard InChI is InChI=1S/C41H52INO9/c1-47-34-19-17-27(23-35(34)48-2)16-18-33(29-13-10-14-31(44)24-29)52-41(46)32-15-8-9-21-43(32)40(45)38(28-11-6-5-7-12-28)30-25-36(49-3)39(50-4)37(26-30)51-22-20-42/h10,13-14,17,19,23-26,28,32-33,38,44H,5-9,11-12,15-16,18,20-22H2,1-4H3/t32?,33?,38-/m0/s1. The summed E-state index contributed by atoms with van der Waals surface area (Å²) in [5.41, 5.74) is 2.48. The number of phenols is 1. The second-order valence-corrected chi connectivity index (χ2v) is 14.5. The fraction of sp³-hybridized carbons (Fsp3) is 0.512. The fourth-order valence-corrected chi connectivity index (χ4v) is 7.88. The number of alkyl halides is 1. The average Bonchev–Trinajstić information content (AvgIpc) is 3.18. The Morgan fingerprint density at radius 3 is 2.23 bits per heavy atom. The Kier molecular flexibility index (Phi) is 14.6. The third-order valence-electron chi connectivity index (χ3n) is 10.2. The van der Waals surface area contributed by atoms with Gasteiger partial charge >= 0.3 is 5.97 Å². The molecule has 2 fully saturated rings. The van der Waals surface area contributed by atoms with Gasteiger partial charge in [-0.2, -0.15) is 0 Å². The largest absolute Gasteiger partial charge is 0.508 e. The predicted molar refractivity (Wildman–Crippen MR) is 207 cm³/mol. The first-order valence-corrected chi connectivity index (χ1v) is 19.8. The SMILES string of the molecule is COc1ccc(CCC(OC(=O)C2CCCCN2C(=O)[C@H](c2cc(OC)c(OC)c(OCCI)c2)C2CCCCC2)c2cccc(O)c2)cc1OC. The van der Waals surface area contributed by atoms with Crippen molar-refractivity contribution in [3.63, 3.8) is 0 Å². The minimum Gasteiger partial charge on any atom is -0.508 e. The third-order valence-corrected chi connectivity index (χ3v) is 10.7. The summed E-state index contributed by atoms with van der Waals surface area (Å²) in [6.07, 6.45) is 7.61. The maximum Gasteiger partial charge on any atom is 0.329 e. The molecule has 1 N–H and O–H groups in total. The summed E-state index contributed by atoms with van der Waals surface area (Å²) in [5, 5.41) is 10.4. The van der Waals surface area contributed by atoms with Crippen molar-refractivity contribution < 1.29 is 43.1 Å². The van der Waals surface area contributed by atoms with Crippen LogP contribution in [0.3, 0.4) is 0 Å². The van der Waals surface area contributed by atoms with Crippen molar-refractivity contribution >= 4 is 34.5 Å². The van der Waals surface area contributed by atoms with Crippen molar-refractivity contribution in [2.24, 2.45) is 5.92 Å². The fourth-order valence-electron chi connectivity index (χ4n) is 7.66. The molecule has 1 saturated carbocycles.